The van der Waals surface area contributed by atoms with Gasteiger partial charge in [0.25, 0.3) is 5.91 Å². The molecule has 1 amide bonds. The molecule has 0 aliphatic rings. The Morgan fingerprint density at radius 3 is 2.43 bits per heavy atom. The van der Waals surface area contributed by atoms with Gasteiger partial charge in [0.05, 0.1) is 0 Å². The van der Waals surface area contributed by atoms with Crippen LogP contribution in [0.3, 0.4) is 0 Å². The fourth-order valence-corrected chi connectivity index (χ4v) is 0.674. The molecule has 0 aromatic rings. The van der Waals surface area contributed by atoms with Gasteiger partial charge in [0.2, 0.25) is 0 Å². The number of carbonyl (C=O) groups is 3. The molecule has 0 bridgehead atoms. The average Bonchev–Trinajstić information content (AvgIpc) is 2.13. The lowest BCUT2D eigenvalue weighted by molar-refractivity contribution is -0.148. The van der Waals surface area contributed by atoms with Gasteiger partial charge < -0.3 is 15.2 Å². The Hall–Kier alpha value is -1.59. The molecule has 0 aromatic heterocycles. The Balaban J connectivity index is 3.46. The molecule has 0 heterocycles. The standard InChI is InChI=1S/C8H13NO5/c1-9-6(10)5-14-8(13)4-2-3-7(11)12/h2-5H2,1H3,(H,9,10)(H,11,12). The number of ether oxygens (including phenoxy) is 1. The van der Waals surface area contributed by atoms with Gasteiger partial charge in [0.1, 0.15) is 0 Å². The minimum atomic E-state index is -0.955. The van der Waals surface area contributed by atoms with Crippen LogP contribution in [-0.2, 0) is 19.1 Å². The van der Waals surface area contributed by atoms with Crippen molar-refractivity contribution >= 4 is 17.8 Å². The Kier molecular flexibility index (Phi) is 6.09. The summed E-state index contributed by atoms with van der Waals surface area (Å²) in [5, 5.41) is 10.6. The molecule has 6 nitrogen and oxygen atoms in total. The maximum atomic E-state index is 10.8. The third kappa shape index (κ3) is 7.08. The molecule has 6 heteroatoms. The lowest BCUT2D eigenvalue weighted by atomic mass is 10.2. The second kappa shape index (κ2) is 6.88. The van der Waals surface area contributed by atoms with Crippen molar-refractivity contribution in [3.05, 3.63) is 0 Å². The van der Waals surface area contributed by atoms with E-state index in [9.17, 15) is 14.4 Å². The maximum Gasteiger partial charge on any atom is 0.306 e. The van der Waals surface area contributed by atoms with Gasteiger partial charge in [-0.05, 0) is 6.42 Å². The van der Waals surface area contributed by atoms with Crippen LogP contribution in [0, 0.1) is 0 Å². The first-order valence-electron chi connectivity index (χ1n) is 4.14. The van der Waals surface area contributed by atoms with E-state index < -0.39 is 17.8 Å². The highest BCUT2D eigenvalue weighted by molar-refractivity contribution is 5.80. The van der Waals surface area contributed by atoms with E-state index in [1.54, 1.807) is 0 Å². The first-order chi connectivity index (χ1) is 6.56. The van der Waals surface area contributed by atoms with E-state index in [4.69, 9.17) is 5.11 Å². The molecule has 0 saturated carbocycles. The molecule has 0 aliphatic heterocycles. The maximum absolute atomic E-state index is 10.8. The molecular weight excluding hydrogens is 190 g/mol. The molecule has 80 valence electrons. The molecule has 0 saturated heterocycles. The van der Waals surface area contributed by atoms with Gasteiger partial charge in [-0.3, -0.25) is 14.4 Å². The van der Waals surface area contributed by atoms with Crippen LogP contribution in [-0.4, -0.2) is 36.6 Å². The van der Waals surface area contributed by atoms with Crippen molar-refractivity contribution in [3.8, 4) is 0 Å². The smallest absolute Gasteiger partial charge is 0.306 e. The second-order valence-corrected chi connectivity index (χ2v) is 2.58. The number of esters is 1. The number of amides is 1. The molecule has 0 atom stereocenters. The number of rotatable bonds is 6. The van der Waals surface area contributed by atoms with E-state index in [2.05, 4.69) is 10.1 Å². The van der Waals surface area contributed by atoms with Crippen molar-refractivity contribution in [2.45, 2.75) is 19.3 Å². The fraction of sp³-hybridized carbons (Fsp3) is 0.625. The summed E-state index contributed by atoms with van der Waals surface area (Å²) >= 11 is 0. The van der Waals surface area contributed by atoms with Crippen molar-refractivity contribution < 1.29 is 24.2 Å². The zero-order chi connectivity index (χ0) is 11.0. The third-order valence-corrected chi connectivity index (χ3v) is 1.41. The van der Waals surface area contributed by atoms with Gasteiger partial charge >= 0.3 is 11.9 Å². The van der Waals surface area contributed by atoms with Crippen LogP contribution in [0.15, 0.2) is 0 Å². The average molecular weight is 203 g/mol. The highest BCUT2D eigenvalue weighted by atomic mass is 16.5. The Labute approximate surface area is 81.2 Å². The molecule has 0 unspecified atom stereocenters. The van der Waals surface area contributed by atoms with Crippen molar-refractivity contribution in [1.29, 1.82) is 0 Å². The summed E-state index contributed by atoms with van der Waals surface area (Å²) in [6.45, 7) is -0.317. The minimum absolute atomic E-state index is 0.0172. The Morgan fingerprint density at radius 2 is 1.93 bits per heavy atom. The number of hydrogen-bond donors (Lipinski definition) is 2. The number of hydrogen-bond acceptors (Lipinski definition) is 4. The monoisotopic (exact) mass is 203 g/mol. The summed E-state index contributed by atoms with van der Waals surface area (Å²) < 4.78 is 4.53. The molecule has 0 rings (SSSR count). The largest absolute Gasteiger partial charge is 0.481 e. The van der Waals surface area contributed by atoms with Crippen LogP contribution in [0.2, 0.25) is 0 Å². The first kappa shape index (κ1) is 12.4. The first-order valence-corrected chi connectivity index (χ1v) is 4.14. The van der Waals surface area contributed by atoms with Crippen LogP contribution in [0.1, 0.15) is 19.3 Å². The third-order valence-electron chi connectivity index (χ3n) is 1.41. The van der Waals surface area contributed by atoms with Crippen LogP contribution in [0.4, 0.5) is 0 Å². The Morgan fingerprint density at radius 1 is 1.29 bits per heavy atom. The minimum Gasteiger partial charge on any atom is -0.481 e. The molecule has 0 aliphatic carbocycles. The van der Waals surface area contributed by atoms with E-state index >= 15 is 0 Å². The van der Waals surface area contributed by atoms with E-state index in [0.29, 0.717) is 0 Å². The summed E-state index contributed by atoms with van der Waals surface area (Å²) in [5.74, 6) is -1.91. The highest BCUT2D eigenvalue weighted by Crippen LogP contribution is 1.97. The number of aliphatic carboxylic acids is 1. The zero-order valence-electron chi connectivity index (χ0n) is 7.91. The van der Waals surface area contributed by atoms with Crippen LogP contribution in [0.25, 0.3) is 0 Å². The quantitative estimate of drug-likeness (QED) is 0.569. The van der Waals surface area contributed by atoms with E-state index in [1.165, 1.54) is 7.05 Å². The summed E-state index contributed by atoms with van der Waals surface area (Å²) in [6.07, 6.45) is 0.167. The zero-order valence-corrected chi connectivity index (χ0v) is 7.91. The van der Waals surface area contributed by atoms with E-state index in [-0.39, 0.29) is 25.9 Å². The van der Waals surface area contributed by atoms with Crippen LogP contribution < -0.4 is 5.32 Å². The number of carbonyl (C=O) groups excluding carboxylic acids is 2. The van der Waals surface area contributed by atoms with Gasteiger partial charge in [0.15, 0.2) is 6.61 Å². The number of nitrogens with one attached hydrogen (secondary N) is 1. The van der Waals surface area contributed by atoms with Crippen molar-refractivity contribution in [2.75, 3.05) is 13.7 Å². The lowest BCUT2D eigenvalue weighted by Gasteiger charge is -2.02. The fourth-order valence-electron chi connectivity index (χ4n) is 0.674. The lowest BCUT2D eigenvalue weighted by Crippen LogP contribution is -2.25. The van der Waals surface area contributed by atoms with Gasteiger partial charge in [-0.15, -0.1) is 0 Å². The van der Waals surface area contributed by atoms with Crippen LogP contribution >= 0.6 is 0 Å². The number of carboxylic acids is 1. The van der Waals surface area contributed by atoms with E-state index in [0.717, 1.165) is 0 Å². The van der Waals surface area contributed by atoms with Gasteiger partial charge in [-0.1, -0.05) is 0 Å². The number of carboxylic acid groups (broad SMARTS) is 1. The summed E-state index contributed by atoms with van der Waals surface area (Å²) in [4.78, 5) is 31.5. The highest BCUT2D eigenvalue weighted by Gasteiger charge is 2.06. The Bertz CT molecular complexity index is 226. The summed E-state index contributed by atoms with van der Waals surface area (Å²) in [6, 6.07) is 0. The predicted molar refractivity (Wildman–Crippen MR) is 46.5 cm³/mol. The molecule has 0 spiro atoms. The topological polar surface area (TPSA) is 92.7 Å². The molecule has 14 heavy (non-hydrogen) atoms. The second-order valence-electron chi connectivity index (χ2n) is 2.58. The molecule has 0 aromatic carbocycles. The van der Waals surface area contributed by atoms with Crippen molar-refractivity contribution in [1.82, 2.24) is 5.32 Å². The molecule has 2 N–H and O–H groups in total. The molecule has 0 radical (unpaired) electrons. The summed E-state index contributed by atoms with van der Waals surface area (Å²) in [5.41, 5.74) is 0. The van der Waals surface area contributed by atoms with Crippen molar-refractivity contribution in [3.63, 3.8) is 0 Å². The molecule has 0 fully saturated rings. The predicted octanol–water partition coefficient (Wildman–Crippen LogP) is -0.470. The van der Waals surface area contributed by atoms with Gasteiger partial charge in [0, 0.05) is 19.9 Å². The molecular formula is C8H13NO5. The van der Waals surface area contributed by atoms with Gasteiger partial charge in [-0.25, -0.2) is 0 Å². The normalized spacial score (nSPS) is 9.21. The van der Waals surface area contributed by atoms with Gasteiger partial charge in [-0.2, -0.15) is 0 Å². The van der Waals surface area contributed by atoms with Crippen molar-refractivity contribution in [2.24, 2.45) is 0 Å². The number of likely N-dealkylation sites (N-methyl/N-ethyl adjacent to an activating group) is 1. The summed E-state index contributed by atoms with van der Waals surface area (Å²) in [7, 11) is 1.43. The van der Waals surface area contributed by atoms with Crippen LogP contribution in [0.5, 0.6) is 0 Å². The SMILES string of the molecule is CNC(=O)COC(=O)CCCC(=O)O. The van der Waals surface area contributed by atoms with E-state index in [1.807, 2.05) is 0 Å².